The first-order valence-electron chi connectivity index (χ1n) is 6.96. The molecule has 0 saturated heterocycles. The topological polar surface area (TPSA) is 15.3 Å². The van der Waals surface area contributed by atoms with Crippen LogP contribution in [0.15, 0.2) is 22.7 Å². The summed E-state index contributed by atoms with van der Waals surface area (Å²) in [6.07, 6.45) is 5.27. The summed E-state index contributed by atoms with van der Waals surface area (Å²) in [5.41, 5.74) is 2.70. The Balaban J connectivity index is 2.12. The lowest BCUT2D eigenvalue weighted by Gasteiger charge is -2.25. The van der Waals surface area contributed by atoms with Crippen molar-refractivity contribution in [1.29, 1.82) is 0 Å². The lowest BCUT2D eigenvalue weighted by molar-refractivity contribution is 0.712. The Kier molecular flexibility index (Phi) is 5.07. The molecule has 0 aromatic heterocycles. The molecule has 1 aromatic rings. The Morgan fingerprint density at radius 2 is 2.17 bits per heavy atom. The second kappa shape index (κ2) is 6.58. The summed E-state index contributed by atoms with van der Waals surface area (Å²) in [6, 6.07) is 7.57. The van der Waals surface area contributed by atoms with E-state index in [1.54, 1.807) is 0 Å². The summed E-state index contributed by atoms with van der Waals surface area (Å²) in [5, 5.41) is 3.20. The van der Waals surface area contributed by atoms with Crippen LogP contribution in [0.1, 0.15) is 38.2 Å². The summed E-state index contributed by atoms with van der Waals surface area (Å²) in [7, 11) is 1.98. The van der Waals surface area contributed by atoms with Crippen molar-refractivity contribution in [2.24, 2.45) is 0 Å². The van der Waals surface area contributed by atoms with E-state index in [0.29, 0.717) is 0 Å². The number of halogens is 1. The zero-order valence-corrected chi connectivity index (χ0v) is 13.0. The summed E-state index contributed by atoms with van der Waals surface area (Å²) in [6.45, 7) is 4.37. The van der Waals surface area contributed by atoms with Crippen LogP contribution in [0.2, 0.25) is 0 Å². The number of benzene rings is 1. The average molecular weight is 311 g/mol. The minimum atomic E-state index is 0.790. The molecule has 2 nitrogen and oxygen atoms in total. The molecule has 0 heterocycles. The summed E-state index contributed by atoms with van der Waals surface area (Å²) < 4.78 is 1.22. The third-order valence-electron chi connectivity index (χ3n) is 3.48. The van der Waals surface area contributed by atoms with Crippen LogP contribution in [0.3, 0.4) is 0 Å². The van der Waals surface area contributed by atoms with Crippen LogP contribution >= 0.6 is 15.9 Å². The van der Waals surface area contributed by atoms with Crippen molar-refractivity contribution in [3.8, 4) is 0 Å². The molecule has 1 aliphatic rings. The van der Waals surface area contributed by atoms with E-state index in [2.05, 4.69) is 51.3 Å². The maximum Gasteiger partial charge on any atom is 0.0380 e. The molecule has 1 aliphatic carbocycles. The quantitative estimate of drug-likeness (QED) is 0.820. The fourth-order valence-electron chi connectivity index (χ4n) is 2.29. The maximum atomic E-state index is 3.69. The number of hydrogen-bond acceptors (Lipinski definition) is 2. The van der Waals surface area contributed by atoms with Crippen LogP contribution in [-0.4, -0.2) is 19.6 Å². The third-order valence-corrected chi connectivity index (χ3v) is 4.21. The van der Waals surface area contributed by atoms with Gasteiger partial charge in [0, 0.05) is 29.3 Å². The lowest BCUT2D eigenvalue weighted by atomic mass is 10.2. The molecule has 0 amide bonds. The van der Waals surface area contributed by atoms with Crippen molar-refractivity contribution in [2.45, 2.75) is 45.2 Å². The summed E-state index contributed by atoms with van der Waals surface area (Å²) in [5.74, 6) is 0. The van der Waals surface area contributed by atoms with Gasteiger partial charge in [-0.3, -0.25) is 0 Å². The highest BCUT2D eigenvalue weighted by Crippen LogP contribution is 2.34. The van der Waals surface area contributed by atoms with Crippen molar-refractivity contribution in [1.82, 2.24) is 5.32 Å². The lowest BCUT2D eigenvalue weighted by Crippen LogP contribution is -2.26. The van der Waals surface area contributed by atoms with E-state index in [4.69, 9.17) is 0 Å². The first-order chi connectivity index (χ1) is 8.76. The molecule has 0 spiro atoms. The minimum Gasteiger partial charge on any atom is -0.369 e. The third kappa shape index (κ3) is 3.48. The largest absolute Gasteiger partial charge is 0.369 e. The van der Waals surface area contributed by atoms with Gasteiger partial charge in [0.25, 0.3) is 0 Å². The van der Waals surface area contributed by atoms with Crippen molar-refractivity contribution in [2.75, 3.05) is 18.5 Å². The number of hydrogen-bond donors (Lipinski definition) is 1. The van der Waals surface area contributed by atoms with Crippen LogP contribution in [0, 0.1) is 0 Å². The number of anilines is 1. The van der Waals surface area contributed by atoms with E-state index in [-0.39, 0.29) is 0 Å². The SMILES string of the molecule is CCCCN(c1ccc(CNC)c(Br)c1)C1CC1. The van der Waals surface area contributed by atoms with E-state index in [9.17, 15) is 0 Å². The van der Waals surface area contributed by atoms with Gasteiger partial charge in [-0.1, -0.05) is 35.3 Å². The highest BCUT2D eigenvalue weighted by atomic mass is 79.9. The van der Waals surface area contributed by atoms with E-state index in [1.807, 2.05) is 7.05 Å². The summed E-state index contributed by atoms with van der Waals surface area (Å²) >= 11 is 3.69. The molecule has 3 heteroatoms. The van der Waals surface area contributed by atoms with Crippen LogP contribution in [0.4, 0.5) is 5.69 Å². The number of nitrogens with one attached hydrogen (secondary N) is 1. The molecular weight excluding hydrogens is 288 g/mol. The molecule has 0 bridgehead atoms. The Hall–Kier alpha value is -0.540. The molecule has 0 unspecified atom stereocenters. The minimum absolute atomic E-state index is 0.790. The Morgan fingerprint density at radius 1 is 1.39 bits per heavy atom. The van der Waals surface area contributed by atoms with Gasteiger partial charge in [-0.15, -0.1) is 0 Å². The number of rotatable bonds is 7. The zero-order valence-electron chi connectivity index (χ0n) is 11.4. The van der Waals surface area contributed by atoms with Gasteiger partial charge in [0.1, 0.15) is 0 Å². The predicted molar refractivity (Wildman–Crippen MR) is 82.2 cm³/mol. The Bertz CT molecular complexity index is 388. The van der Waals surface area contributed by atoms with Crippen LogP contribution in [0.5, 0.6) is 0 Å². The van der Waals surface area contributed by atoms with Crippen molar-refractivity contribution < 1.29 is 0 Å². The first-order valence-corrected chi connectivity index (χ1v) is 7.75. The normalized spacial score (nSPS) is 14.8. The number of unbranched alkanes of at least 4 members (excludes halogenated alkanes) is 1. The fraction of sp³-hybridized carbons (Fsp3) is 0.600. The van der Waals surface area contributed by atoms with Gasteiger partial charge in [-0.05, 0) is 44.0 Å². The molecule has 1 aromatic carbocycles. The molecule has 1 N–H and O–H groups in total. The van der Waals surface area contributed by atoms with Crippen molar-refractivity contribution >= 4 is 21.6 Å². The van der Waals surface area contributed by atoms with E-state index in [0.717, 1.165) is 12.6 Å². The molecule has 0 aliphatic heterocycles. The van der Waals surface area contributed by atoms with Gasteiger partial charge >= 0.3 is 0 Å². The van der Waals surface area contributed by atoms with E-state index < -0.39 is 0 Å². The second-order valence-corrected chi connectivity index (χ2v) is 5.94. The smallest absolute Gasteiger partial charge is 0.0380 e. The molecule has 1 saturated carbocycles. The van der Waals surface area contributed by atoms with Crippen molar-refractivity contribution in [3.05, 3.63) is 28.2 Å². The number of nitrogens with zero attached hydrogens (tertiary/aromatic N) is 1. The van der Waals surface area contributed by atoms with Crippen LogP contribution in [0.25, 0.3) is 0 Å². The van der Waals surface area contributed by atoms with E-state index in [1.165, 1.54) is 48.0 Å². The first kappa shape index (κ1) is 13.9. The van der Waals surface area contributed by atoms with Gasteiger partial charge in [-0.2, -0.15) is 0 Å². The van der Waals surface area contributed by atoms with E-state index >= 15 is 0 Å². The Morgan fingerprint density at radius 3 is 2.72 bits per heavy atom. The van der Waals surface area contributed by atoms with Gasteiger partial charge in [0.2, 0.25) is 0 Å². The molecule has 18 heavy (non-hydrogen) atoms. The Labute approximate surface area is 119 Å². The van der Waals surface area contributed by atoms with Gasteiger partial charge in [-0.25, -0.2) is 0 Å². The second-order valence-electron chi connectivity index (χ2n) is 5.08. The highest BCUT2D eigenvalue weighted by molar-refractivity contribution is 9.10. The van der Waals surface area contributed by atoms with Gasteiger partial charge in [0.05, 0.1) is 0 Å². The molecule has 100 valence electrons. The fourth-order valence-corrected chi connectivity index (χ4v) is 2.79. The molecule has 0 radical (unpaired) electrons. The van der Waals surface area contributed by atoms with Crippen LogP contribution in [-0.2, 0) is 6.54 Å². The van der Waals surface area contributed by atoms with Crippen LogP contribution < -0.4 is 10.2 Å². The zero-order chi connectivity index (χ0) is 13.0. The molecule has 2 rings (SSSR count). The predicted octanol–water partition coefficient (Wildman–Crippen LogP) is 3.94. The van der Waals surface area contributed by atoms with Gasteiger partial charge < -0.3 is 10.2 Å². The standard InChI is InChI=1S/C15H23BrN2/c1-3-4-9-18(13-7-8-13)14-6-5-12(11-17-2)15(16)10-14/h5-6,10,13,17H,3-4,7-9,11H2,1-2H3. The van der Waals surface area contributed by atoms with Crippen molar-refractivity contribution in [3.63, 3.8) is 0 Å². The average Bonchev–Trinajstić information content (AvgIpc) is 3.17. The highest BCUT2D eigenvalue weighted by Gasteiger charge is 2.28. The maximum absolute atomic E-state index is 3.69. The molecule has 1 fully saturated rings. The monoisotopic (exact) mass is 310 g/mol. The summed E-state index contributed by atoms with van der Waals surface area (Å²) in [4.78, 5) is 2.58. The molecular formula is C15H23BrN2. The molecule has 0 atom stereocenters. The van der Waals surface area contributed by atoms with Gasteiger partial charge in [0.15, 0.2) is 0 Å².